The lowest BCUT2D eigenvalue weighted by molar-refractivity contribution is 0.0923. The molecule has 0 spiro atoms. The Labute approximate surface area is 117 Å². The molecule has 0 atom stereocenters. The third kappa shape index (κ3) is 3.73. The monoisotopic (exact) mass is 277 g/mol. The smallest absolute Gasteiger partial charge is 0.287 e. The number of hydrogen-bond donors (Lipinski definition) is 1. The highest BCUT2D eigenvalue weighted by atomic mass is 16.5. The van der Waals surface area contributed by atoms with Crippen molar-refractivity contribution in [3.05, 3.63) is 40.0 Å². The molecule has 0 bridgehead atoms. The van der Waals surface area contributed by atoms with E-state index in [9.17, 15) is 9.59 Å². The van der Waals surface area contributed by atoms with Crippen LogP contribution in [0.15, 0.2) is 33.2 Å². The Morgan fingerprint density at radius 1 is 1.45 bits per heavy atom. The number of hydrogen-bond acceptors (Lipinski definition) is 4. The van der Waals surface area contributed by atoms with Gasteiger partial charge in [0.15, 0.2) is 5.76 Å². The molecule has 0 unspecified atom stereocenters. The molecule has 0 saturated carbocycles. The van der Waals surface area contributed by atoms with Gasteiger partial charge in [-0.25, -0.2) is 0 Å². The molecule has 1 aliphatic rings. The first kappa shape index (κ1) is 14.4. The topological polar surface area (TPSA) is 68.5 Å². The third-order valence-corrected chi connectivity index (χ3v) is 3.36. The maximum Gasteiger partial charge on any atom is 0.287 e. The Bertz CT molecular complexity index is 559. The third-order valence-electron chi connectivity index (χ3n) is 3.36. The van der Waals surface area contributed by atoms with Gasteiger partial charge in [-0.05, 0) is 32.1 Å². The van der Waals surface area contributed by atoms with E-state index in [2.05, 4.69) is 11.4 Å². The number of nitrogens with one attached hydrogen (secondary N) is 1. The van der Waals surface area contributed by atoms with Crippen molar-refractivity contribution in [3.8, 4) is 5.75 Å². The fourth-order valence-corrected chi connectivity index (χ4v) is 2.22. The number of ether oxygens (including phenoxy) is 1. The van der Waals surface area contributed by atoms with Gasteiger partial charge in [0.05, 0.1) is 7.11 Å². The second kappa shape index (κ2) is 6.93. The van der Waals surface area contributed by atoms with E-state index in [-0.39, 0.29) is 22.8 Å². The highest BCUT2D eigenvalue weighted by Crippen LogP contribution is 2.19. The Morgan fingerprint density at radius 2 is 2.30 bits per heavy atom. The van der Waals surface area contributed by atoms with E-state index >= 15 is 0 Å². The summed E-state index contributed by atoms with van der Waals surface area (Å²) in [5, 5.41) is 2.76. The lowest BCUT2D eigenvalue weighted by Crippen LogP contribution is -2.25. The second-order valence-electron chi connectivity index (χ2n) is 4.79. The van der Waals surface area contributed by atoms with Gasteiger partial charge < -0.3 is 14.5 Å². The predicted octanol–water partition coefficient (Wildman–Crippen LogP) is 2.27. The first-order valence-electron chi connectivity index (χ1n) is 6.83. The van der Waals surface area contributed by atoms with Crippen LogP contribution < -0.4 is 15.5 Å². The van der Waals surface area contributed by atoms with E-state index in [0.29, 0.717) is 6.54 Å². The normalized spacial score (nSPS) is 14.6. The fraction of sp³-hybridized carbons (Fsp3) is 0.467. The highest BCUT2D eigenvalue weighted by molar-refractivity contribution is 5.91. The van der Waals surface area contributed by atoms with Crippen molar-refractivity contribution < 1.29 is 13.9 Å². The maximum absolute atomic E-state index is 11.8. The van der Waals surface area contributed by atoms with Crippen LogP contribution in [0.25, 0.3) is 0 Å². The van der Waals surface area contributed by atoms with Gasteiger partial charge in [-0.15, -0.1) is 0 Å². The molecule has 1 aromatic heterocycles. The number of methoxy groups -OCH3 is 1. The summed E-state index contributed by atoms with van der Waals surface area (Å²) in [4.78, 5) is 23.4. The number of allylic oxidation sites excluding steroid dienone is 1. The van der Waals surface area contributed by atoms with Crippen molar-refractivity contribution in [2.24, 2.45) is 0 Å². The van der Waals surface area contributed by atoms with Crippen molar-refractivity contribution in [3.63, 3.8) is 0 Å². The van der Waals surface area contributed by atoms with E-state index in [1.807, 2.05) is 0 Å². The lowest BCUT2D eigenvalue weighted by atomic mass is 9.97. The molecule has 2 rings (SSSR count). The molecule has 1 amide bonds. The van der Waals surface area contributed by atoms with Gasteiger partial charge in [0.1, 0.15) is 6.26 Å². The first-order valence-corrected chi connectivity index (χ1v) is 6.83. The molecular formula is C15H19NO4. The summed E-state index contributed by atoms with van der Waals surface area (Å²) in [5.74, 6) is -0.275. The van der Waals surface area contributed by atoms with Crippen LogP contribution >= 0.6 is 0 Å². The van der Waals surface area contributed by atoms with Crippen LogP contribution in [0.2, 0.25) is 0 Å². The van der Waals surface area contributed by atoms with Crippen LogP contribution in [0.3, 0.4) is 0 Å². The summed E-state index contributed by atoms with van der Waals surface area (Å²) in [6, 6.07) is 1.15. The van der Waals surface area contributed by atoms with Crippen LogP contribution in [-0.2, 0) is 0 Å². The molecule has 1 aliphatic carbocycles. The van der Waals surface area contributed by atoms with Crippen LogP contribution in [0.5, 0.6) is 5.75 Å². The van der Waals surface area contributed by atoms with Crippen molar-refractivity contribution >= 4 is 5.91 Å². The van der Waals surface area contributed by atoms with Gasteiger partial charge in [-0.3, -0.25) is 9.59 Å². The van der Waals surface area contributed by atoms with Gasteiger partial charge in [0.25, 0.3) is 5.91 Å². The second-order valence-corrected chi connectivity index (χ2v) is 4.79. The van der Waals surface area contributed by atoms with Gasteiger partial charge in [-0.2, -0.15) is 0 Å². The Kier molecular flexibility index (Phi) is 4.98. The first-order chi connectivity index (χ1) is 9.70. The molecule has 0 aliphatic heterocycles. The average Bonchev–Trinajstić information content (AvgIpc) is 2.48. The van der Waals surface area contributed by atoms with Crippen molar-refractivity contribution in [2.75, 3.05) is 13.7 Å². The molecule has 0 fully saturated rings. The number of amides is 1. The molecule has 1 aromatic rings. The predicted molar refractivity (Wildman–Crippen MR) is 75.0 cm³/mol. The van der Waals surface area contributed by atoms with E-state index < -0.39 is 0 Å². The molecule has 0 radical (unpaired) electrons. The lowest BCUT2D eigenvalue weighted by Gasteiger charge is -2.12. The zero-order valence-electron chi connectivity index (χ0n) is 11.6. The summed E-state index contributed by atoms with van der Waals surface area (Å²) in [6.07, 6.45) is 9.00. The Hall–Kier alpha value is -2.04. The molecule has 0 saturated heterocycles. The van der Waals surface area contributed by atoms with Crippen molar-refractivity contribution in [2.45, 2.75) is 32.1 Å². The van der Waals surface area contributed by atoms with Crippen molar-refractivity contribution in [1.82, 2.24) is 5.32 Å². The van der Waals surface area contributed by atoms with Gasteiger partial charge in [0, 0.05) is 12.6 Å². The van der Waals surface area contributed by atoms with E-state index in [1.165, 1.54) is 25.5 Å². The van der Waals surface area contributed by atoms with Gasteiger partial charge in [-0.1, -0.05) is 11.6 Å². The van der Waals surface area contributed by atoms with Crippen LogP contribution in [0.4, 0.5) is 0 Å². The van der Waals surface area contributed by atoms with E-state index in [0.717, 1.165) is 31.6 Å². The highest BCUT2D eigenvalue weighted by Gasteiger charge is 2.11. The minimum Gasteiger partial charge on any atom is -0.490 e. The number of carbonyl (C=O) groups excluding carboxylic acids is 1. The van der Waals surface area contributed by atoms with Crippen LogP contribution in [0, 0.1) is 0 Å². The van der Waals surface area contributed by atoms with Crippen molar-refractivity contribution in [1.29, 1.82) is 0 Å². The summed E-state index contributed by atoms with van der Waals surface area (Å²) < 4.78 is 9.88. The standard InChI is InChI=1S/C15H19NO4/c1-19-14-10-20-13(9-12(14)17)15(18)16-8-7-11-5-3-2-4-6-11/h5,9-10H,2-4,6-8H2,1H3,(H,16,18). The molecule has 5 nitrogen and oxygen atoms in total. The van der Waals surface area contributed by atoms with E-state index in [1.54, 1.807) is 0 Å². The maximum atomic E-state index is 11.8. The quantitative estimate of drug-likeness (QED) is 0.838. The Morgan fingerprint density at radius 3 is 2.95 bits per heavy atom. The summed E-state index contributed by atoms with van der Waals surface area (Å²) in [7, 11) is 1.38. The minimum atomic E-state index is -0.374. The molecular weight excluding hydrogens is 258 g/mol. The minimum absolute atomic E-state index is 0.00780. The molecule has 5 heteroatoms. The van der Waals surface area contributed by atoms with E-state index in [4.69, 9.17) is 9.15 Å². The molecule has 108 valence electrons. The van der Waals surface area contributed by atoms with Crippen LogP contribution in [-0.4, -0.2) is 19.6 Å². The summed E-state index contributed by atoms with van der Waals surface area (Å²) in [6.45, 7) is 0.556. The zero-order chi connectivity index (χ0) is 14.4. The molecule has 0 aromatic carbocycles. The zero-order valence-corrected chi connectivity index (χ0v) is 11.6. The Balaban J connectivity index is 1.87. The van der Waals surface area contributed by atoms with Gasteiger partial charge >= 0.3 is 0 Å². The molecule has 1 heterocycles. The average molecular weight is 277 g/mol. The number of carbonyl (C=O) groups is 1. The van der Waals surface area contributed by atoms with Gasteiger partial charge in [0.2, 0.25) is 11.2 Å². The van der Waals surface area contributed by atoms with Crippen LogP contribution in [0.1, 0.15) is 42.7 Å². The SMILES string of the molecule is COc1coc(C(=O)NCCC2=CCCCC2)cc1=O. The molecule has 20 heavy (non-hydrogen) atoms. The largest absolute Gasteiger partial charge is 0.490 e. The summed E-state index contributed by atoms with van der Waals surface area (Å²) >= 11 is 0. The summed E-state index contributed by atoms with van der Waals surface area (Å²) in [5.41, 5.74) is 1.03. The fourth-order valence-electron chi connectivity index (χ4n) is 2.22. The number of rotatable bonds is 5. The molecule has 1 N–H and O–H groups in total.